The third-order valence-electron chi connectivity index (χ3n) is 6.91. The van der Waals surface area contributed by atoms with Gasteiger partial charge in [0, 0.05) is 41.9 Å². The number of alkyl halides is 3. The van der Waals surface area contributed by atoms with Crippen molar-refractivity contribution in [1.29, 1.82) is 0 Å². The van der Waals surface area contributed by atoms with E-state index in [1.165, 1.54) is 17.0 Å². The first-order valence-corrected chi connectivity index (χ1v) is 13.1. The number of nitrogens with zero attached hydrogens (tertiary/aromatic N) is 2. The zero-order chi connectivity index (χ0) is 28.9. The molecular formula is C31H33F3N4O2. The topological polar surface area (TPSA) is 68.4 Å². The number of carbonyl (C=O) groups excluding carboxylic acids is 2. The standard InChI is InChI=1S/C31H33F3N4O2/c1-21(2)38(30(40)36-27-10-6-4-8-22(27)3)20-29(39)37(19-23-12-14-25(15-13-23)31(32,33)34)17-16-24-18-35-28-11-7-5-9-26(24)28/h4-15,18,21,35H,16-17,19-20H2,1-3H3,(H,36,40). The number of fused-ring (bicyclic) bond motifs is 1. The molecule has 210 valence electrons. The van der Waals surface area contributed by atoms with Crippen LogP contribution < -0.4 is 5.32 Å². The van der Waals surface area contributed by atoms with Gasteiger partial charge in [-0.05, 0) is 68.1 Å². The monoisotopic (exact) mass is 550 g/mol. The maximum atomic E-state index is 13.7. The van der Waals surface area contributed by atoms with E-state index in [2.05, 4.69) is 10.3 Å². The first-order valence-electron chi connectivity index (χ1n) is 13.1. The predicted molar refractivity (Wildman–Crippen MR) is 151 cm³/mol. The number of aromatic nitrogens is 1. The van der Waals surface area contributed by atoms with Gasteiger partial charge in [-0.2, -0.15) is 13.2 Å². The molecule has 0 spiro atoms. The Labute approximate surface area is 231 Å². The Morgan fingerprint density at radius 2 is 1.62 bits per heavy atom. The molecule has 0 bridgehead atoms. The van der Waals surface area contributed by atoms with E-state index in [9.17, 15) is 22.8 Å². The van der Waals surface area contributed by atoms with Crippen molar-refractivity contribution in [2.75, 3.05) is 18.4 Å². The Bertz CT molecular complexity index is 1460. The molecule has 3 aromatic carbocycles. The Balaban J connectivity index is 1.54. The molecular weight excluding hydrogens is 517 g/mol. The normalized spacial score (nSPS) is 11.6. The number of amides is 3. The SMILES string of the molecule is Cc1ccccc1NC(=O)N(CC(=O)N(CCc1c[nH]c2ccccc12)Cc1ccc(C(F)(F)F)cc1)C(C)C. The van der Waals surface area contributed by atoms with Crippen LogP contribution in [0.4, 0.5) is 23.7 Å². The Kier molecular flexibility index (Phi) is 8.82. The quantitative estimate of drug-likeness (QED) is 0.235. The highest BCUT2D eigenvalue weighted by Crippen LogP contribution is 2.29. The van der Waals surface area contributed by atoms with E-state index in [1.807, 2.05) is 69.4 Å². The number of aromatic amines is 1. The number of urea groups is 1. The fourth-order valence-corrected chi connectivity index (χ4v) is 4.54. The van der Waals surface area contributed by atoms with Gasteiger partial charge >= 0.3 is 12.2 Å². The molecule has 6 nitrogen and oxygen atoms in total. The van der Waals surface area contributed by atoms with Crippen LogP contribution in [0.3, 0.4) is 0 Å². The third-order valence-corrected chi connectivity index (χ3v) is 6.91. The number of hydrogen-bond acceptors (Lipinski definition) is 2. The van der Waals surface area contributed by atoms with Gasteiger partial charge in [-0.25, -0.2) is 4.79 Å². The van der Waals surface area contributed by atoms with Gasteiger partial charge in [0.25, 0.3) is 0 Å². The summed E-state index contributed by atoms with van der Waals surface area (Å²) in [4.78, 5) is 33.1. The molecule has 0 aliphatic rings. The van der Waals surface area contributed by atoms with E-state index in [-0.39, 0.29) is 25.0 Å². The second kappa shape index (κ2) is 12.3. The number of benzene rings is 3. The molecule has 0 aliphatic heterocycles. The summed E-state index contributed by atoms with van der Waals surface area (Å²) in [6, 6.07) is 19.4. The third kappa shape index (κ3) is 7.02. The van der Waals surface area contributed by atoms with Crippen molar-refractivity contribution >= 4 is 28.5 Å². The summed E-state index contributed by atoms with van der Waals surface area (Å²) in [7, 11) is 0. The summed E-state index contributed by atoms with van der Waals surface area (Å²) in [5.41, 5.74) is 3.39. The van der Waals surface area contributed by atoms with Gasteiger partial charge < -0.3 is 20.1 Å². The summed E-state index contributed by atoms with van der Waals surface area (Å²) >= 11 is 0. The van der Waals surface area contributed by atoms with Crippen molar-refractivity contribution in [1.82, 2.24) is 14.8 Å². The van der Waals surface area contributed by atoms with Gasteiger partial charge in [-0.3, -0.25) is 4.79 Å². The Morgan fingerprint density at radius 3 is 2.30 bits per heavy atom. The van der Waals surface area contributed by atoms with Crippen LogP contribution in [0.15, 0.2) is 79.0 Å². The molecule has 0 saturated carbocycles. The van der Waals surface area contributed by atoms with Crippen LogP contribution >= 0.6 is 0 Å². The molecule has 0 fully saturated rings. The Morgan fingerprint density at radius 1 is 0.950 bits per heavy atom. The predicted octanol–water partition coefficient (Wildman–Crippen LogP) is 7.01. The van der Waals surface area contributed by atoms with Crippen molar-refractivity contribution in [2.45, 2.75) is 46.0 Å². The first kappa shape index (κ1) is 28.7. The number of H-pyrrole nitrogens is 1. The van der Waals surface area contributed by atoms with E-state index < -0.39 is 17.8 Å². The van der Waals surface area contributed by atoms with Crippen LogP contribution in [0.25, 0.3) is 10.9 Å². The number of nitrogens with one attached hydrogen (secondary N) is 2. The van der Waals surface area contributed by atoms with Crippen molar-refractivity contribution in [3.63, 3.8) is 0 Å². The molecule has 4 rings (SSSR count). The lowest BCUT2D eigenvalue weighted by molar-refractivity contribution is -0.137. The number of carbonyl (C=O) groups is 2. The fraction of sp³-hybridized carbons (Fsp3) is 0.290. The van der Waals surface area contributed by atoms with E-state index >= 15 is 0 Å². The molecule has 1 heterocycles. The average Bonchev–Trinajstić information content (AvgIpc) is 3.33. The number of halogens is 3. The van der Waals surface area contributed by atoms with Gasteiger partial charge in [0.1, 0.15) is 6.54 Å². The minimum absolute atomic E-state index is 0.116. The van der Waals surface area contributed by atoms with Crippen molar-refractivity contribution in [3.05, 3.63) is 101 Å². The minimum atomic E-state index is -4.44. The van der Waals surface area contributed by atoms with Crippen LogP contribution in [0.2, 0.25) is 0 Å². The molecule has 1 aromatic heterocycles. The summed E-state index contributed by atoms with van der Waals surface area (Å²) in [5, 5.41) is 3.93. The molecule has 40 heavy (non-hydrogen) atoms. The van der Waals surface area contributed by atoms with Gasteiger partial charge in [0.2, 0.25) is 5.91 Å². The zero-order valence-electron chi connectivity index (χ0n) is 22.8. The van der Waals surface area contributed by atoms with Crippen molar-refractivity contribution < 1.29 is 22.8 Å². The van der Waals surface area contributed by atoms with E-state index in [4.69, 9.17) is 0 Å². The molecule has 0 saturated heterocycles. The largest absolute Gasteiger partial charge is 0.416 e. The smallest absolute Gasteiger partial charge is 0.361 e. The minimum Gasteiger partial charge on any atom is -0.361 e. The molecule has 2 N–H and O–H groups in total. The highest BCUT2D eigenvalue weighted by molar-refractivity contribution is 5.93. The van der Waals surface area contributed by atoms with E-state index in [1.54, 1.807) is 11.0 Å². The zero-order valence-corrected chi connectivity index (χ0v) is 22.8. The number of aryl methyl sites for hydroxylation is 1. The van der Waals surface area contributed by atoms with Crippen LogP contribution in [-0.2, 0) is 23.9 Å². The Hall–Kier alpha value is -4.27. The highest BCUT2D eigenvalue weighted by atomic mass is 19.4. The van der Waals surface area contributed by atoms with Crippen molar-refractivity contribution in [2.24, 2.45) is 0 Å². The second-order valence-electron chi connectivity index (χ2n) is 10.1. The van der Waals surface area contributed by atoms with Crippen LogP contribution in [0.1, 0.15) is 36.1 Å². The lowest BCUT2D eigenvalue weighted by Crippen LogP contribution is -2.47. The number of hydrogen-bond donors (Lipinski definition) is 2. The second-order valence-corrected chi connectivity index (χ2v) is 10.1. The first-order chi connectivity index (χ1) is 19.0. The molecule has 9 heteroatoms. The van der Waals surface area contributed by atoms with Crippen LogP contribution in [0, 0.1) is 6.92 Å². The van der Waals surface area contributed by atoms with Crippen molar-refractivity contribution in [3.8, 4) is 0 Å². The molecule has 0 aliphatic carbocycles. The average molecular weight is 551 g/mol. The van der Waals surface area contributed by atoms with Gasteiger partial charge in [0.05, 0.1) is 5.56 Å². The lowest BCUT2D eigenvalue weighted by atomic mass is 10.1. The molecule has 4 aromatic rings. The van der Waals surface area contributed by atoms with E-state index in [0.717, 1.165) is 34.2 Å². The maximum Gasteiger partial charge on any atom is 0.416 e. The van der Waals surface area contributed by atoms with Crippen LogP contribution in [-0.4, -0.2) is 45.9 Å². The molecule has 3 amide bonds. The summed E-state index contributed by atoms with van der Waals surface area (Å²) < 4.78 is 39.2. The van der Waals surface area contributed by atoms with Gasteiger partial charge in [0.15, 0.2) is 0 Å². The van der Waals surface area contributed by atoms with Crippen LogP contribution in [0.5, 0.6) is 0 Å². The highest BCUT2D eigenvalue weighted by Gasteiger charge is 2.30. The lowest BCUT2D eigenvalue weighted by Gasteiger charge is -2.30. The number of anilines is 1. The fourth-order valence-electron chi connectivity index (χ4n) is 4.54. The molecule has 0 atom stereocenters. The van der Waals surface area contributed by atoms with Gasteiger partial charge in [-0.1, -0.05) is 48.5 Å². The summed E-state index contributed by atoms with van der Waals surface area (Å²) in [6.07, 6.45) is -2.00. The van der Waals surface area contributed by atoms with E-state index in [0.29, 0.717) is 24.2 Å². The number of rotatable bonds is 9. The molecule has 0 unspecified atom stereocenters. The summed E-state index contributed by atoms with van der Waals surface area (Å²) in [6.45, 7) is 5.81. The van der Waals surface area contributed by atoms with Gasteiger partial charge in [-0.15, -0.1) is 0 Å². The molecule has 0 radical (unpaired) electrons. The summed E-state index contributed by atoms with van der Waals surface area (Å²) in [5.74, 6) is -0.298. The number of para-hydroxylation sites is 2. The maximum absolute atomic E-state index is 13.7.